The molecule has 2 nitrogen and oxygen atoms in total. The minimum Gasteiger partial charge on any atom is -0.291 e. The first kappa shape index (κ1) is 14.0. The van der Waals surface area contributed by atoms with Crippen molar-refractivity contribution in [1.29, 1.82) is 0 Å². The molecule has 1 fully saturated rings. The number of hydrogen-bond donors (Lipinski definition) is 0. The van der Waals surface area contributed by atoms with Gasteiger partial charge in [0.1, 0.15) is 0 Å². The predicted octanol–water partition coefficient (Wildman–Crippen LogP) is 4.24. The molecule has 0 amide bonds. The Kier molecular flexibility index (Phi) is 4.46. The number of carbonyl (C=O) groups is 1. The average molecular weight is 286 g/mol. The molecule has 100 valence electrons. The molecule has 0 aromatic carbocycles. The van der Waals surface area contributed by atoms with E-state index in [1.54, 1.807) is 6.07 Å². The summed E-state index contributed by atoms with van der Waals surface area (Å²) in [6.07, 6.45) is 4.96. The summed E-state index contributed by atoms with van der Waals surface area (Å²) in [7, 11) is 0. The minimum atomic E-state index is -0.418. The Morgan fingerprint density at radius 2 is 1.83 bits per heavy atom. The summed E-state index contributed by atoms with van der Waals surface area (Å²) >= 11 is 7.30. The van der Waals surface area contributed by atoms with E-state index in [1.165, 1.54) is 37.0 Å². The Morgan fingerprint density at radius 1 is 1.22 bits per heavy atom. The zero-order chi connectivity index (χ0) is 13.2. The number of Topliss-reactive ketones (excluding diaryl/α,β-unsaturated/α-hetero) is 1. The Morgan fingerprint density at radius 3 is 2.33 bits per heavy atom. The van der Waals surface area contributed by atoms with Crippen LogP contribution in [0.5, 0.6) is 0 Å². The number of carbonyl (C=O) groups excluding carboxylic acids is 1. The van der Waals surface area contributed by atoms with Crippen LogP contribution >= 0.6 is 22.9 Å². The average Bonchev–Trinajstić information content (AvgIpc) is 2.61. The molecule has 1 aliphatic heterocycles. The Hall–Kier alpha value is -0.380. The molecule has 1 aliphatic rings. The van der Waals surface area contributed by atoms with Crippen molar-refractivity contribution in [2.45, 2.75) is 45.1 Å². The molecule has 0 N–H and O–H groups in total. The molecule has 2 rings (SSSR count). The number of thiophene rings is 1. The zero-order valence-corrected chi connectivity index (χ0v) is 12.6. The summed E-state index contributed by atoms with van der Waals surface area (Å²) in [5.74, 6) is 0.196. The van der Waals surface area contributed by atoms with E-state index in [0.29, 0.717) is 4.34 Å². The third kappa shape index (κ3) is 2.95. The van der Waals surface area contributed by atoms with Crippen LogP contribution in [0.15, 0.2) is 12.1 Å². The maximum absolute atomic E-state index is 12.6. The van der Waals surface area contributed by atoms with E-state index in [4.69, 9.17) is 11.6 Å². The van der Waals surface area contributed by atoms with Crippen molar-refractivity contribution < 1.29 is 4.79 Å². The molecule has 0 aliphatic carbocycles. The summed E-state index contributed by atoms with van der Waals surface area (Å²) in [6.45, 7) is 6.12. The van der Waals surface area contributed by atoms with Crippen LogP contribution in [0.4, 0.5) is 0 Å². The molecule has 4 heteroatoms. The number of nitrogens with zero attached hydrogens (tertiary/aromatic N) is 1. The maximum atomic E-state index is 12.6. The molecular formula is C14H20ClNOS. The van der Waals surface area contributed by atoms with Gasteiger partial charge in [-0.3, -0.25) is 9.69 Å². The highest BCUT2D eigenvalue weighted by molar-refractivity contribution is 7.18. The minimum absolute atomic E-state index is 0.196. The molecule has 0 radical (unpaired) electrons. The van der Waals surface area contributed by atoms with Gasteiger partial charge in [0.25, 0.3) is 0 Å². The van der Waals surface area contributed by atoms with Gasteiger partial charge in [-0.05, 0) is 51.9 Å². The van der Waals surface area contributed by atoms with Gasteiger partial charge in [0.2, 0.25) is 0 Å². The second kappa shape index (κ2) is 5.72. The Balaban J connectivity index is 2.15. The van der Waals surface area contributed by atoms with E-state index in [-0.39, 0.29) is 5.78 Å². The van der Waals surface area contributed by atoms with E-state index in [0.717, 1.165) is 18.0 Å². The second-order valence-corrected chi connectivity index (χ2v) is 7.11. The van der Waals surface area contributed by atoms with Gasteiger partial charge in [-0.2, -0.15) is 0 Å². The van der Waals surface area contributed by atoms with Crippen LogP contribution in [0.3, 0.4) is 0 Å². The summed E-state index contributed by atoms with van der Waals surface area (Å²) in [5, 5.41) is 0. The topological polar surface area (TPSA) is 20.3 Å². The monoisotopic (exact) mass is 285 g/mol. The fourth-order valence-electron chi connectivity index (χ4n) is 2.51. The lowest BCUT2D eigenvalue weighted by molar-refractivity contribution is 0.0654. The number of halogens is 1. The number of likely N-dealkylation sites (tertiary alicyclic amines) is 1. The molecule has 1 saturated heterocycles. The molecule has 0 saturated carbocycles. The van der Waals surface area contributed by atoms with Gasteiger partial charge >= 0.3 is 0 Å². The van der Waals surface area contributed by atoms with E-state index < -0.39 is 5.54 Å². The number of ketones is 1. The second-order valence-electron chi connectivity index (χ2n) is 5.39. The van der Waals surface area contributed by atoms with Crippen molar-refractivity contribution in [3.63, 3.8) is 0 Å². The normalized spacial score (nSPS) is 18.6. The molecule has 1 aromatic heterocycles. The molecule has 0 spiro atoms. The highest BCUT2D eigenvalue weighted by Crippen LogP contribution is 2.29. The molecule has 1 aromatic rings. The van der Waals surface area contributed by atoms with Crippen LogP contribution in [0, 0.1) is 0 Å². The van der Waals surface area contributed by atoms with Crippen LogP contribution in [-0.2, 0) is 0 Å². The van der Waals surface area contributed by atoms with Crippen molar-refractivity contribution in [1.82, 2.24) is 4.90 Å². The summed E-state index contributed by atoms with van der Waals surface area (Å²) < 4.78 is 0.685. The van der Waals surface area contributed by atoms with Crippen molar-refractivity contribution in [2.24, 2.45) is 0 Å². The lowest BCUT2D eigenvalue weighted by atomic mass is 9.95. The lowest BCUT2D eigenvalue weighted by Gasteiger charge is -2.36. The van der Waals surface area contributed by atoms with Crippen molar-refractivity contribution >= 4 is 28.7 Å². The number of hydrogen-bond acceptors (Lipinski definition) is 3. The fraction of sp³-hybridized carbons (Fsp3) is 0.643. The predicted molar refractivity (Wildman–Crippen MR) is 77.8 cm³/mol. The highest BCUT2D eigenvalue weighted by Gasteiger charge is 2.35. The summed E-state index contributed by atoms with van der Waals surface area (Å²) in [5.41, 5.74) is -0.418. The van der Waals surface area contributed by atoms with Crippen LogP contribution in [0.2, 0.25) is 4.34 Å². The van der Waals surface area contributed by atoms with Gasteiger partial charge in [0.15, 0.2) is 5.78 Å². The fourth-order valence-corrected chi connectivity index (χ4v) is 3.65. The van der Waals surface area contributed by atoms with Crippen LogP contribution < -0.4 is 0 Å². The third-order valence-corrected chi connectivity index (χ3v) is 4.98. The van der Waals surface area contributed by atoms with Crippen LogP contribution in [0.25, 0.3) is 0 Å². The molecule has 0 atom stereocenters. The molecule has 0 unspecified atom stereocenters. The Bertz CT molecular complexity index is 419. The summed E-state index contributed by atoms with van der Waals surface area (Å²) in [4.78, 5) is 15.7. The number of rotatable bonds is 3. The van der Waals surface area contributed by atoms with E-state index >= 15 is 0 Å². The van der Waals surface area contributed by atoms with Crippen molar-refractivity contribution in [2.75, 3.05) is 13.1 Å². The first-order valence-electron chi connectivity index (χ1n) is 6.57. The molecule has 18 heavy (non-hydrogen) atoms. The van der Waals surface area contributed by atoms with Gasteiger partial charge in [-0.25, -0.2) is 0 Å². The van der Waals surface area contributed by atoms with Crippen LogP contribution in [0.1, 0.15) is 49.2 Å². The maximum Gasteiger partial charge on any atom is 0.192 e. The van der Waals surface area contributed by atoms with Gasteiger partial charge in [-0.15, -0.1) is 11.3 Å². The first-order valence-corrected chi connectivity index (χ1v) is 7.76. The van der Waals surface area contributed by atoms with Gasteiger partial charge < -0.3 is 0 Å². The van der Waals surface area contributed by atoms with Gasteiger partial charge in [-0.1, -0.05) is 24.4 Å². The summed E-state index contributed by atoms with van der Waals surface area (Å²) in [6, 6.07) is 3.65. The lowest BCUT2D eigenvalue weighted by Crippen LogP contribution is -2.50. The van der Waals surface area contributed by atoms with E-state index in [2.05, 4.69) is 4.90 Å². The SMILES string of the molecule is CC(C)(C(=O)c1ccc(Cl)s1)N1CCCCCC1. The first-order chi connectivity index (χ1) is 8.51. The standard InChI is InChI=1S/C14H20ClNOS/c1-14(2,16-9-5-3-4-6-10-16)13(17)11-7-8-12(15)18-11/h7-8H,3-6,9-10H2,1-2H3. The Labute approximate surface area is 118 Å². The zero-order valence-electron chi connectivity index (χ0n) is 11.0. The quantitative estimate of drug-likeness (QED) is 0.774. The molecular weight excluding hydrogens is 266 g/mol. The largest absolute Gasteiger partial charge is 0.291 e. The van der Waals surface area contributed by atoms with Gasteiger partial charge in [0.05, 0.1) is 14.8 Å². The smallest absolute Gasteiger partial charge is 0.192 e. The van der Waals surface area contributed by atoms with E-state index in [1.807, 2.05) is 19.9 Å². The van der Waals surface area contributed by atoms with Crippen LogP contribution in [-0.4, -0.2) is 29.3 Å². The van der Waals surface area contributed by atoms with Gasteiger partial charge in [0, 0.05) is 0 Å². The highest BCUT2D eigenvalue weighted by atomic mass is 35.5. The van der Waals surface area contributed by atoms with Crippen molar-refractivity contribution in [3.8, 4) is 0 Å². The molecule has 2 heterocycles. The molecule has 0 bridgehead atoms. The van der Waals surface area contributed by atoms with Crippen molar-refractivity contribution in [3.05, 3.63) is 21.3 Å². The third-order valence-electron chi connectivity index (χ3n) is 3.75. The van der Waals surface area contributed by atoms with E-state index in [9.17, 15) is 4.79 Å².